The van der Waals surface area contributed by atoms with Gasteiger partial charge in [-0.15, -0.1) is 0 Å². The van der Waals surface area contributed by atoms with Gasteiger partial charge < -0.3 is 0 Å². The van der Waals surface area contributed by atoms with Gasteiger partial charge in [0.25, 0.3) is 0 Å². The smallest absolute Gasteiger partial charge is 0.00263 e. The molecule has 5 aromatic rings. The summed E-state index contributed by atoms with van der Waals surface area (Å²) in [4.78, 5) is 0. The number of hydrogen-bond donors (Lipinski definition) is 0. The van der Waals surface area contributed by atoms with Gasteiger partial charge in [0, 0.05) is 0 Å². The SMILES string of the molecule is Cc1cc2c(-c3ccccc3)c3ccccc3c(C)c2c2ccccc12. The van der Waals surface area contributed by atoms with Gasteiger partial charge in [-0.3, -0.25) is 0 Å². The van der Waals surface area contributed by atoms with Crippen LogP contribution in [0.25, 0.3) is 43.4 Å². The molecule has 0 atom stereocenters. The molecule has 5 rings (SSSR count). The zero-order valence-electron chi connectivity index (χ0n) is 15.1. The molecule has 0 N–H and O–H groups in total. The summed E-state index contributed by atoms with van der Waals surface area (Å²) in [6.07, 6.45) is 0. The van der Waals surface area contributed by atoms with Crippen molar-refractivity contribution >= 4 is 32.3 Å². The standard InChI is InChI=1S/C26H20/c1-17-16-24-25(22-14-8-6-12-20(17)22)18(2)21-13-7-9-15-23(21)26(24)19-10-4-3-5-11-19/h3-16H,1-2H3. The predicted molar refractivity (Wildman–Crippen MR) is 114 cm³/mol. The van der Waals surface area contributed by atoms with E-state index in [2.05, 4.69) is 98.8 Å². The Bertz CT molecular complexity index is 1280. The summed E-state index contributed by atoms with van der Waals surface area (Å²) in [5.41, 5.74) is 5.32. The third-order valence-corrected chi connectivity index (χ3v) is 5.56. The molecule has 0 radical (unpaired) electrons. The van der Waals surface area contributed by atoms with Crippen molar-refractivity contribution in [3.05, 3.63) is 96.1 Å². The molecule has 0 heteroatoms. The average molecular weight is 332 g/mol. The van der Waals surface area contributed by atoms with Crippen molar-refractivity contribution in [2.75, 3.05) is 0 Å². The van der Waals surface area contributed by atoms with Gasteiger partial charge in [0.05, 0.1) is 0 Å². The topological polar surface area (TPSA) is 0 Å². The molecule has 0 nitrogen and oxygen atoms in total. The Morgan fingerprint density at radius 1 is 0.500 bits per heavy atom. The molecule has 0 fully saturated rings. The fourth-order valence-electron chi connectivity index (χ4n) is 4.38. The van der Waals surface area contributed by atoms with E-state index in [0.29, 0.717) is 0 Å². The van der Waals surface area contributed by atoms with E-state index in [4.69, 9.17) is 0 Å². The Balaban J connectivity index is 2.13. The molecule has 0 aliphatic heterocycles. The highest BCUT2D eigenvalue weighted by atomic mass is 14.2. The largest absolute Gasteiger partial charge is 0.0622 e. The maximum Gasteiger partial charge on any atom is -0.00263 e. The molecule has 5 aromatic carbocycles. The molecule has 26 heavy (non-hydrogen) atoms. The van der Waals surface area contributed by atoms with Crippen LogP contribution in [0.15, 0.2) is 84.9 Å². The highest BCUT2D eigenvalue weighted by Gasteiger charge is 2.15. The number of benzene rings is 5. The maximum absolute atomic E-state index is 2.37. The van der Waals surface area contributed by atoms with Crippen molar-refractivity contribution in [3.63, 3.8) is 0 Å². The molecule has 124 valence electrons. The normalized spacial score (nSPS) is 11.5. The van der Waals surface area contributed by atoms with Crippen molar-refractivity contribution in [1.29, 1.82) is 0 Å². The van der Waals surface area contributed by atoms with E-state index in [1.165, 1.54) is 54.6 Å². The number of hydrogen-bond acceptors (Lipinski definition) is 0. The van der Waals surface area contributed by atoms with Crippen molar-refractivity contribution < 1.29 is 0 Å². The Hall–Kier alpha value is -3.12. The lowest BCUT2D eigenvalue weighted by Gasteiger charge is -2.18. The molecule has 0 saturated carbocycles. The van der Waals surface area contributed by atoms with Crippen LogP contribution in [0, 0.1) is 13.8 Å². The molecular formula is C26H20. The van der Waals surface area contributed by atoms with Crippen LogP contribution >= 0.6 is 0 Å². The average Bonchev–Trinajstić information content (AvgIpc) is 2.69. The second-order valence-corrected chi connectivity index (χ2v) is 7.07. The summed E-state index contributed by atoms with van der Waals surface area (Å²) < 4.78 is 0. The lowest BCUT2D eigenvalue weighted by molar-refractivity contribution is 1.53. The van der Waals surface area contributed by atoms with Crippen molar-refractivity contribution in [2.24, 2.45) is 0 Å². The quantitative estimate of drug-likeness (QED) is 0.221. The van der Waals surface area contributed by atoms with Crippen LogP contribution in [0.2, 0.25) is 0 Å². The van der Waals surface area contributed by atoms with E-state index in [-0.39, 0.29) is 0 Å². The van der Waals surface area contributed by atoms with E-state index < -0.39 is 0 Å². The van der Waals surface area contributed by atoms with E-state index in [0.717, 1.165) is 0 Å². The summed E-state index contributed by atoms with van der Waals surface area (Å²) in [5, 5.41) is 8.10. The monoisotopic (exact) mass is 332 g/mol. The van der Waals surface area contributed by atoms with Crippen LogP contribution in [0.1, 0.15) is 11.1 Å². The lowest BCUT2D eigenvalue weighted by atomic mass is 9.85. The third kappa shape index (κ3) is 2.09. The first-order chi connectivity index (χ1) is 12.8. The fourth-order valence-corrected chi connectivity index (χ4v) is 4.38. The Morgan fingerprint density at radius 2 is 1.08 bits per heavy atom. The zero-order valence-corrected chi connectivity index (χ0v) is 15.1. The molecule has 0 aliphatic carbocycles. The highest BCUT2D eigenvalue weighted by molar-refractivity contribution is 6.22. The molecule has 0 unspecified atom stereocenters. The highest BCUT2D eigenvalue weighted by Crippen LogP contribution is 2.42. The van der Waals surface area contributed by atoms with Crippen LogP contribution in [0.4, 0.5) is 0 Å². The first-order valence-electron chi connectivity index (χ1n) is 9.14. The van der Waals surface area contributed by atoms with Crippen molar-refractivity contribution in [1.82, 2.24) is 0 Å². The molecule has 0 saturated heterocycles. The van der Waals surface area contributed by atoms with E-state index in [9.17, 15) is 0 Å². The second-order valence-electron chi connectivity index (χ2n) is 7.07. The van der Waals surface area contributed by atoms with Crippen molar-refractivity contribution in [2.45, 2.75) is 13.8 Å². The molecular weight excluding hydrogens is 312 g/mol. The lowest BCUT2D eigenvalue weighted by Crippen LogP contribution is -1.92. The summed E-state index contributed by atoms with van der Waals surface area (Å²) in [6.45, 7) is 4.49. The minimum absolute atomic E-state index is 1.28. The van der Waals surface area contributed by atoms with Gasteiger partial charge in [-0.25, -0.2) is 0 Å². The van der Waals surface area contributed by atoms with Gasteiger partial charge >= 0.3 is 0 Å². The molecule has 0 aliphatic rings. The van der Waals surface area contributed by atoms with Crippen LogP contribution < -0.4 is 0 Å². The maximum atomic E-state index is 2.37. The first kappa shape index (κ1) is 15.2. The fraction of sp³-hybridized carbons (Fsp3) is 0.0769. The van der Waals surface area contributed by atoms with Crippen LogP contribution in [0.3, 0.4) is 0 Å². The van der Waals surface area contributed by atoms with Gasteiger partial charge in [-0.2, -0.15) is 0 Å². The van der Waals surface area contributed by atoms with Gasteiger partial charge in [0.15, 0.2) is 0 Å². The zero-order chi connectivity index (χ0) is 17.7. The number of rotatable bonds is 1. The van der Waals surface area contributed by atoms with Crippen LogP contribution in [0.5, 0.6) is 0 Å². The van der Waals surface area contributed by atoms with Crippen LogP contribution in [-0.4, -0.2) is 0 Å². The number of fused-ring (bicyclic) bond motifs is 4. The molecule has 0 heterocycles. The summed E-state index contributed by atoms with van der Waals surface area (Å²) in [5.74, 6) is 0. The van der Waals surface area contributed by atoms with E-state index in [1.54, 1.807) is 0 Å². The third-order valence-electron chi connectivity index (χ3n) is 5.56. The van der Waals surface area contributed by atoms with E-state index >= 15 is 0 Å². The summed E-state index contributed by atoms with van der Waals surface area (Å²) in [6, 6.07) is 30.8. The molecule has 0 bridgehead atoms. The first-order valence-corrected chi connectivity index (χ1v) is 9.14. The van der Waals surface area contributed by atoms with Gasteiger partial charge in [-0.05, 0) is 68.4 Å². The van der Waals surface area contributed by atoms with E-state index in [1.807, 2.05) is 0 Å². The Morgan fingerprint density at radius 3 is 1.81 bits per heavy atom. The Kier molecular flexibility index (Phi) is 3.33. The second kappa shape index (κ2) is 5.71. The van der Waals surface area contributed by atoms with Gasteiger partial charge in [0.2, 0.25) is 0 Å². The Labute approximate surface area is 153 Å². The van der Waals surface area contributed by atoms with Gasteiger partial charge in [-0.1, -0.05) is 84.9 Å². The predicted octanol–water partition coefficient (Wildman–Crippen LogP) is 7.43. The minimum atomic E-state index is 1.28. The van der Waals surface area contributed by atoms with Gasteiger partial charge in [0.1, 0.15) is 0 Å². The summed E-state index contributed by atoms with van der Waals surface area (Å²) >= 11 is 0. The number of aryl methyl sites for hydroxylation is 2. The van der Waals surface area contributed by atoms with Crippen LogP contribution in [-0.2, 0) is 0 Å². The molecule has 0 amide bonds. The summed E-state index contributed by atoms with van der Waals surface area (Å²) in [7, 11) is 0. The van der Waals surface area contributed by atoms with Crippen molar-refractivity contribution in [3.8, 4) is 11.1 Å². The molecule has 0 aromatic heterocycles. The minimum Gasteiger partial charge on any atom is -0.0622 e. The molecule has 0 spiro atoms.